The first kappa shape index (κ1) is 14.8. The summed E-state index contributed by atoms with van der Waals surface area (Å²) in [5.41, 5.74) is 0.452. The fourth-order valence-electron chi connectivity index (χ4n) is 2.23. The van der Waals surface area contributed by atoms with E-state index in [9.17, 15) is 4.39 Å². The van der Waals surface area contributed by atoms with Crippen molar-refractivity contribution in [1.29, 1.82) is 0 Å². The highest BCUT2D eigenvalue weighted by Crippen LogP contribution is 2.30. The standard InChI is InChI=1S/C16H19FO3/c1-16(2)8-7-14(20-16)11-19-15-10-13(17)6-5-12(15)4-3-9-18/h5-6,10,14,18H,7-9,11H2,1-2H3. The Kier molecular flexibility index (Phi) is 4.64. The SMILES string of the molecule is CC1(C)CCC(COc2cc(F)ccc2C#CCO)O1. The maximum atomic E-state index is 13.3. The van der Waals surface area contributed by atoms with E-state index in [-0.39, 0.29) is 24.1 Å². The van der Waals surface area contributed by atoms with Crippen molar-refractivity contribution in [1.82, 2.24) is 0 Å². The molecule has 1 aliphatic heterocycles. The summed E-state index contributed by atoms with van der Waals surface area (Å²) in [4.78, 5) is 0. The topological polar surface area (TPSA) is 38.7 Å². The summed E-state index contributed by atoms with van der Waals surface area (Å²) >= 11 is 0. The summed E-state index contributed by atoms with van der Waals surface area (Å²) in [6.45, 7) is 4.23. The maximum absolute atomic E-state index is 13.3. The number of halogens is 1. The molecule has 4 heteroatoms. The molecule has 0 amide bonds. The van der Waals surface area contributed by atoms with Crippen LogP contribution in [0.3, 0.4) is 0 Å². The van der Waals surface area contributed by atoms with Crippen LogP contribution in [0.1, 0.15) is 32.3 Å². The second kappa shape index (κ2) is 6.25. The van der Waals surface area contributed by atoms with Crippen molar-refractivity contribution < 1.29 is 19.0 Å². The molecular weight excluding hydrogens is 259 g/mol. The fraction of sp³-hybridized carbons (Fsp3) is 0.500. The van der Waals surface area contributed by atoms with Gasteiger partial charge < -0.3 is 14.6 Å². The van der Waals surface area contributed by atoms with Crippen LogP contribution in [0.5, 0.6) is 5.75 Å². The quantitative estimate of drug-likeness (QED) is 0.863. The minimum Gasteiger partial charge on any atom is -0.489 e. The molecule has 0 bridgehead atoms. The molecule has 1 aromatic carbocycles. The van der Waals surface area contributed by atoms with Crippen LogP contribution in [0.15, 0.2) is 18.2 Å². The van der Waals surface area contributed by atoms with Crippen molar-refractivity contribution in [3.63, 3.8) is 0 Å². The first-order valence-corrected chi connectivity index (χ1v) is 6.70. The Morgan fingerprint density at radius 2 is 2.30 bits per heavy atom. The van der Waals surface area contributed by atoms with Crippen molar-refractivity contribution in [3.8, 4) is 17.6 Å². The molecule has 1 atom stereocenters. The largest absolute Gasteiger partial charge is 0.489 e. The average Bonchev–Trinajstić information content (AvgIpc) is 2.75. The van der Waals surface area contributed by atoms with Gasteiger partial charge >= 0.3 is 0 Å². The Labute approximate surface area is 118 Å². The van der Waals surface area contributed by atoms with Crippen molar-refractivity contribution in [2.24, 2.45) is 0 Å². The van der Waals surface area contributed by atoms with Gasteiger partial charge in [0.1, 0.15) is 24.8 Å². The van der Waals surface area contributed by atoms with Crippen LogP contribution in [0, 0.1) is 17.7 Å². The van der Waals surface area contributed by atoms with Crippen molar-refractivity contribution in [2.75, 3.05) is 13.2 Å². The van der Waals surface area contributed by atoms with Crippen LogP contribution < -0.4 is 4.74 Å². The highest BCUT2D eigenvalue weighted by molar-refractivity contribution is 5.46. The third kappa shape index (κ3) is 3.96. The molecule has 0 radical (unpaired) electrons. The molecule has 3 nitrogen and oxygen atoms in total. The molecule has 1 unspecified atom stereocenters. The number of hydrogen-bond acceptors (Lipinski definition) is 3. The molecule has 1 saturated heterocycles. The molecule has 2 rings (SSSR count). The van der Waals surface area contributed by atoms with Gasteiger partial charge in [0.2, 0.25) is 0 Å². The summed E-state index contributed by atoms with van der Waals surface area (Å²) in [5.74, 6) is 5.30. The third-order valence-corrected chi connectivity index (χ3v) is 3.22. The molecule has 108 valence electrons. The number of hydrogen-bond donors (Lipinski definition) is 1. The van der Waals surface area contributed by atoms with Crippen LogP contribution in [-0.2, 0) is 4.74 Å². The Bertz CT molecular complexity index is 528. The third-order valence-electron chi connectivity index (χ3n) is 3.22. The minimum atomic E-state index is -0.373. The molecule has 0 saturated carbocycles. The number of aliphatic hydroxyl groups is 1. The van der Waals surface area contributed by atoms with E-state index in [2.05, 4.69) is 11.8 Å². The molecule has 20 heavy (non-hydrogen) atoms. The Morgan fingerprint density at radius 1 is 1.50 bits per heavy atom. The maximum Gasteiger partial charge on any atom is 0.137 e. The highest BCUT2D eigenvalue weighted by Gasteiger charge is 2.32. The summed E-state index contributed by atoms with van der Waals surface area (Å²) in [6, 6.07) is 4.18. The predicted molar refractivity (Wildman–Crippen MR) is 74.0 cm³/mol. The van der Waals surface area contributed by atoms with Crippen LogP contribution >= 0.6 is 0 Å². The zero-order valence-corrected chi connectivity index (χ0v) is 11.8. The number of benzene rings is 1. The van der Waals surface area contributed by atoms with E-state index in [1.54, 1.807) is 6.07 Å². The van der Waals surface area contributed by atoms with Gasteiger partial charge in [-0.05, 0) is 38.8 Å². The van der Waals surface area contributed by atoms with Gasteiger partial charge in [0.05, 0.1) is 17.3 Å². The molecule has 1 aliphatic rings. The smallest absolute Gasteiger partial charge is 0.137 e. The molecule has 0 aromatic heterocycles. The lowest BCUT2D eigenvalue weighted by molar-refractivity contribution is -0.0327. The summed E-state index contributed by atoms with van der Waals surface area (Å²) < 4.78 is 24.8. The lowest BCUT2D eigenvalue weighted by Gasteiger charge is -2.19. The summed E-state index contributed by atoms with van der Waals surface area (Å²) in [5, 5.41) is 8.72. The van der Waals surface area contributed by atoms with E-state index in [4.69, 9.17) is 14.6 Å². The van der Waals surface area contributed by atoms with Crippen molar-refractivity contribution in [3.05, 3.63) is 29.6 Å². The van der Waals surface area contributed by atoms with Gasteiger partial charge in [-0.15, -0.1) is 0 Å². The normalized spacial score (nSPS) is 20.3. The van der Waals surface area contributed by atoms with Crippen molar-refractivity contribution in [2.45, 2.75) is 38.4 Å². The van der Waals surface area contributed by atoms with E-state index in [0.717, 1.165) is 12.8 Å². The van der Waals surface area contributed by atoms with Gasteiger partial charge in [-0.25, -0.2) is 4.39 Å². The molecule has 0 aliphatic carbocycles. The second-order valence-electron chi connectivity index (χ2n) is 5.45. The molecule has 0 spiro atoms. The number of ether oxygens (including phenoxy) is 2. The Balaban J connectivity index is 2.03. The monoisotopic (exact) mass is 278 g/mol. The number of aliphatic hydroxyl groups excluding tert-OH is 1. The zero-order valence-electron chi connectivity index (χ0n) is 11.8. The Morgan fingerprint density at radius 3 is 2.95 bits per heavy atom. The van der Waals surface area contributed by atoms with Gasteiger partial charge in [-0.3, -0.25) is 0 Å². The first-order chi connectivity index (χ1) is 9.50. The summed E-state index contributed by atoms with van der Waals surface area (Å²) in [7, 11) is 0. The van der Waals surface area contributed by atoms with Gasteiger partial charge in [-0.2, -0.15) is 0 Å². The average molecular weight is 278 g/mol. The molecule has 1 fully saturated rings. The van der Waals surface area contributed by atoms with Gasteiger partial charge in [0.25, 0.3) is 0 Å². The van der Waals surface area contributed by atoms with Crippen molar-refractivity contribution >= 4 is 0 Å². The molecule has 1 aromatic rings. The van der Waals surface area contributed by atoms with E-state index in [1.807, 2.05) is 13.8 Å². The van der Waals surface area contributed by atoms with E-state index in [1.165, 1.54) is 12.1 Å². The highest BCUT2D eigenvalue weighted by atomic mass is 19.1. The van der Waals surface area contributed by atoms with Gasteiger partial charge in [0, 0.05) is 6.07 Å². The fourth-order valence-corrected chi connectivity index (χ4v) is 2.23. The van der Waals surface area contributed by atoms with E-state index >= 15 is 0 Å². The van der Waals surface area contributed by atoms with Crippen LogP contribution in [-0.4, -0.2) is 30.0 Å². The minimum absolute atomic E-state index is 0.0203. The lowest BCUT2D eigenvalue weighted by Crippen LogP contribution is -2.24. The van der Waals surface area contributed by atoms with Crippen LogP contribution in [0.2, 0.25) is 0 Å². The molecule has 1 heterocycles. The van der Waals surface area contributed by atoms with Crippen LogP contribution in [0.25, 0.3) is 0 Å². The van der Waals surface area contributed by atoms with E-state index < -0.39 is 0 Å². The first-order valence-electron chi connectivity index (χ1n) is 6.70. The molecule has 1 N–H and O–H groups in total. The van der Waals surface area contributed by atoms with E-state index in [0.29, 0.717) is 17.9 Å². The van der Waals surface area contributed by atoms with Crippen LogP contribution in [0.4, 0.5) is 4.39 Å². The lowest BCUT2D eigenvalue weighted by atomic mass is 10.1. The molecular formula is C16H19FO3. The second-order valence-corrected chi connectivity index (χ2v) is 5.45. The number of rotatable bonds is 3. The summed E-state index contributed by atoms with van der Waals surface area (Å²) in [6.07, 6.45) is 1.94. The predicted octanol–water partition coefficient (Wildman–Crippen LogP) is 2.51. The van der Waals surface area contributed by atoms with Gasteiger partial charge in [-0.1, -0.05) is 11.8 Å². The Hall–Kier alpha value is -1.57. The zero-order chi connectivity index (χ0) is 14.6. The van der Waals surface area contributed by atoms with Gasteiger partial charge in [0.15, 0.2) is 0 Å².